The van der Waals surface area contributed by atoms with E-state index in [0.29, 0.717) is 25.7 Å². The Morgan fingerprint density at radius 2 is 1.77 bits per heavy atom. The largest absolute Gasteiger partial charge is 0.382 e. The van der Waals surface area contributed by atoms with Gasteiger partial charge in [0.1, 0.15) is 0 Å². The molecule has 4 aromatic rings. The van der Waals surface area contributed by atoms with Gasteiger partial charge in [-0.2, -0.15) is 0 Å². The molecule has 0 bridgehead atoms. The summed E-state index contributed by atoms with van der Waals surface area (Å²) in [5.41, 5.74) is 2.73. The van der Waals surface area contributed by atoms with Crippen LogP contribution in [-0.2, 0) is 27.8 Å². The van der Waals surface area contributed by atoms with Gasteiger partial charge in [0.15, 0.2) is 0 Å². The van der Waals surface area contributed by atoms with Gasteiger partial charge < -0.3 is 9.30 Å². The van der Waals surface area contributed by atoms with Crippen LogP contribution in [-0.4, -0.2) is 37.1 Å². The number of sulfonamides is 1. The number of rotatable bonds is 11. The third-order valence-electron chi connectivity index (χ3n) is 5.47. The first-order valence-electron chi connectivity index (χ1n) is 11.5. The van der Waals surface area contributed by atoms with E-state index in [1.807, 2.05) is 66.1 Å². The maximum absolute atomic E-state index is 13.1. The summed E-state index contributed by atoms with van der Waals surface area (Å²) in [4.78, 5) is 17.7. The van der Waals surface area contributed by atoms with Crippen LogP contribution < -0.4 is 10.0 Å². The van der Waals surface area contributed by atoms with Gasteiger partial charge in [0, 0.05) is 31.9 Å². The Bertz CT molecular complexity index is 1400. The molecule has 0 aliphatic rings. The maximum atomic E-state index is 13.1. The lowest BCUT2D eigenvalue weighted by Crippen LogP contribution is -2.24. The van der Waals surface area contributed by atoms with Crippen LogP contribution in [0, 0.1) is 0 Å². The number of nitrogens with zero attached hydrogens (tertiary/aromatic N) is 2. The molecule has 1 heterocycles. The second-order valence-electron chi connectivity index (χ2n) is 7.92. The summed E-state index contributed by atoms with van der Waals surface area (Å²) in [6.45, 7) is 3.98. The quantitative estimate of drug-likeness (QED) is 0.306. The second kappa shape index (κ2) is 11.3. The van der Waals surface area contributed by atoms with Gasteiger partial charge in [-0.15, -0.1) is 0 Å². The van der Waals surface area contributed by atoms with E-state index in [2.05, 4.69) is 15.0 Å². The van der Waals surface area contributed by atoms with E-state index < -0.39 is 15.9 Å². The first-order chi connectivity index (χ1) is 17.0. The molecule has 3 aromatic carbocycles. The number of para-hydroxylation sites is 2. The Morgan fingerprint density at radius 3 is 2.57 bits per heavy atom. The number of carbonyl (C=O) groups excluding carboxylic acids is 1. The molecule has 2 N–H and O–H groups in total. The van der Waals surface area contributed by atoms with Crippen molar-refractivity contribution in [2.24, 2.45) is 0 Å². The Labute approximate surface area is 205 Å². The molecule has 9 heteroatoms. The SMILES string of the molecule is CCOCCCn1c(NC(=O)c2cccc(S(=O)(=O)NCc3ccccc3)c2)nc2ccccc21. The van der Waals surface area contributed by atoms with Crippen LogP contribution in [0.5, 0.6) is 0 Å². The summed E-state index contributed by atoms with van der Waals surface area (Å²) in [5, 5.41) is 2.85. The predicted octanol–water partition coefficient (Wildman–Crippen LogP) is 4.19. The van der Waals surface area contributed by atoms with Crippen molar-refractivity contribution in [1.29, 1.82) is 0 Å². The zero-order valence-corrected chi connectivity index (χ0v) is 20.3. The number of hydrogen-bond acceptors (Lipinski definition) is 5. The van der Waals surface area contributed by atoms with Crippen molar-refractivity contribution in [3.8, 4) is 0 Å². The zero-order chi connectivity index (χ0) is 24.7. The van der Waals surface area contributed by atoms with Crippen molar-refractivity contribution in [3.05, 3.63) is 90.0 Å². The minimum absolute atomic E-state index is 0.0197. The molecule has 1 aromatic heterocycles. The van der Waals surface area contributed by atoms with Crippen LogP contribution in [0.4, 0.5) is 5.95 Å². The van der Waals surface area contributed by atoms with Gasteiger partial charge in [-0.1, -0.05) is 48.5 Å². The van der Waals surface area contributed by atoms with E-state index in [1.165, 1.54) is 12.1 Å². The molecule has 0 spiro atoms. The molecular formula is C26H28N4O4S. The third-order valence-corrected chi connectivity index (χ3v) is 6.87. The maximum Gasteiger partial charge on any atom is 0.258 e. The van der Waals surface area contributed by atoms with Gasteiger partial charge in [0.2, 0.25) is 16.0 Å². The van der Waals surface area contributed by atoms with Crippen LogP contribution in [0.1, 0.15) is 29.3 Å². The van der Waals surface area contributed by atoms with Crippen LogP contribution in [0.3, 0.4) is 0 Å². The lowest BCUT2D eigenvalue weighted by Gasteiger charge is -2.11. The monoisotopic (exact) mass is 492 g/mol. The Balaban J connectivity index is 1.52. The van der Waals surface area contributed by atoms with Gasteiger partial charge in [-0.05, 0) is 49.2 Å². The van der Waals surface area contributed by atoms with Crippen molar-refractivity contribution in [1.82, 2.24) is 14.3 Å². The van der Waals surface area contributed by atoms with Crippen LogP contribution >= 0.6 is 0 Å². The van der Waals surface area contributed by atoms with E-state index in [4.69, 9.17) is 4.74 Å². The average molecular weight is 493 g/mol. The van der Waals surface area contributed by atoms with Crippen LogP contribution in [0.2, 0.25) is 0 Å². The summed E-state index contributed by atoms with van der Waals surface area (Å²) in [5.74, 6) is -0.0327. The van der Waals surface area contributed by atoms with Gasteiger partial charge in [-0.3, -0.25) is 10.1 Å². The van der Waals surface area contributed by atoms with Gasteiger partial charge in [-0.25, -0.2) is 18.1 Å². The smallest absolute Gasteiger partial charge is 0.258 e. The minimum atomic E-state index is -3.80. The number of aryl methyl sites for hydroxylation is 1. The molecular weight excluding hydrogens is 464 g/mol. The fraction of sp³-hybridized carbons (Fsp3) is 0.231. The van der Waals surface area contributed by atoms with Crippen LogP contribution in [0.15, 0.2) is 83.8 Å². The second-order valence-corrected chi connectivity index (χ2v) is 9.69. The van der Waals surface area contributed by atoms with Gasteiger partial charge >= 0.3 is 0 Å². The number of nitrogens with one attached hydrogen (secondary N) is 2. The standard InChI is InChI=1S/C26H28N4O4S/c1-2-34-17-9-16-30-24-15-7-6-14-23(24)28-26(30)29-25(31)21-12-8-13-22(18-21)35(32,33)27-19-20-10-4-3-5-11-20/h3-8,10-15,18,27H,2,9,16-17,19H2,1H3,(H,28,29,31). The predicted molar refractivity (Wildman–Crippen MR) is 136 cm³/mol. The fourth-order valence-electron chi connectivity index (χ4n) is 3.70. The number of hydrogen-bond donors (Lipinski definition) is 2. The Hall–Kier alpha value is -3.53. The number of carbonyl (C=O) groups is 1. The summed E-state index contributed by atoms with van der Waals surface area (Å²) >= 11 is 0. The molecule has 0 atom stereocenters. The van der Waals surface area contributed by atoms with Crippen molar-refractivity contribution in [2.45, 2.75) is 31.3 Å². The van der Waals surface area contributed by atoms with E-state index in [-0.39, 0.29) is 17.0 Å². The number of amides is 1. The lowest BCUT2D eigenvalue weighted by molar-refractivity contribution is 0.102. The molecule has 8 nitrogen and oxygen atoms in total. The third kappa shape index (κ3) is 6.13. The highest BCUT2D eigenvalue weighted by atomic mass is 32.2. The molecule has 0 saturated heterocycles. The molecule has 0 aliphatic carbocycles. The normalized spacial score (nSPS) is 11.6. The number of aromatic nitrogens is 2. The summed E-state index contributed by atoms with van der Waals surface area (Å²) in [6.07, 6.45) is 0.762. The van der Waals surface area contributed by atoms with Crippen molar-refractivity contribution >= 4 is 32.9 Å². The molecule has 35 heavy (non-hydrogen) atoms. The highest BCUT2D eigenvalue weighted by molar-refractivity contribution is 7.89. The van der Waals surface area contributed by atoms with Crippen molar-refractivity contribution < 1.29 is 17.9 Å². The number of imidazole rings is 1. The lowest BCUT2D eigenvalue weighted by atomic mass is 10.2. The Morgan fingerprint density at radius 1 is 1.00 bits per heavy atom. The molecule has 0 radical (unpaired) electrons. The first kappa shape index (κ1) is 24.6. The number of benzene rings is 3. The fourth-order valence-corrected chi connectivity index (χ4v) is 4.77. The molecule has 0 aliphatic heterocycles. The highest BCUT2D eigenvalue weighted by Gasteiger charge is 2.18. The van der Waals surface area contributed by atoms with Gasteiger partial charge in [0.25, 0.3) is 5.91 Å². The minimum Gasteiger partial charge on any atom is -0.382 e. The van der Waals surface area contributed by atoms with Crippen molar-refractivity contribution in [3.63, 3.8) is 0 Å². The number of anilines is 1. The van der Waals surface area contributed by atoms with E-state index in [0.717, 1.165) is 23.0 Å². The molecule has 4 rings (SSSR count). The number of ether oxygens (including phenoxy) is 1. The number of fused-ring (bicyclic) bond motifs is 1. The summed E-state index contributed by atoms with van der Waals surface area (Å²) in [7, 11) is -3.80. The van der Waals surface area contributed by atoms with Crippen molar-refractivity contribution in [2.75, 3.05) is 18.5 Å². The van der Waals surface area contributed by atoms with E-state index >= 15 is 0 Å². The topological polar surface area (TPSA) is 102 Å². The summed E-state index contributed by atoms with van der Waals surface area (Å²) in [6, 6.07) is 22.8. The molecule has 0 saturated carbocycles. The first-order valence-corrected chi connectivity index (χ1v) is 12.9. The van der Waals surface area contributed by atoms with E-state index in [9.17, 15) is 13.2 Å². The average Bonchev–Trinajstić information content (AvgIpc) is 3.23. The van der Waals surface area contributed by atoms with Gasteiger partial charge in [0.05, 0.1) is 15.9 Å². The summed E-state index contributed by atoms with van der Waals surface area (Å²) < 4.78 is 35.6. The zero-order valence-electron chi connectivity index (χ0n) is 19.5. The highest BCUT2D eigenvalue weighted by Crippen LogP contribution is 2.21. The van der Waals surface area contributed by atoms with E-state index in [1.54, 1.807) is 12.1 Å². The molecule has 182 valence electrons. The molecule has 0 fully saturated rings. The Kier molecular flexibility index (Phi) is 7.91. The van der Waals surface area contributed by atoms with Crippen LogP contribution in [0.25, 0.3) is 11.0 Å². The molecule has 0 unspecified atom stereocenters. The molecule has 1 amide bonds.